The molecule has 0 aromatic heterocycles. The molecule has 2 atom stereocenters. The summed E-state index contributed by atoms with van der Waals surface area (Å²) in [6, 6.07) is 8.19. The second-order valence-electron chi connectivity index (χ2n) is 5.22. The molecule has 2 rings (SSSR count). The summed E-state index contributed by atoms with van der Waals surface area (Å²) in [4.78, 5) is 2.38. The predicted octanol–water partition coefficient (Wildman–Crippen LogP) is 1.41. The lowest BCUT2D eigenvalue weighted by Crippen LogP contribution is -2.37. The number of methoxy groups -OCH3 is 1. The van der Waals surface area contributed by atoms with E-state index < -0.39 is 6.10 Å². The Labute approximate surface area is 115 Å². The Bertz CT molecular complexity index is 380. The number of hydrogen-bond donors (Lipinski definition) is 2. The van der Waals surface area contributed by atoms with E-state index in [2.05, 4.69) is 17.3 Å². The molecule has 4 nitrogen and oxygen atoms in total. The molecule has 0 amide bonds. The van der Waals surface area contributed by atoms with Gasteiger partial charge in [-0.1, -0.05) is 12.1 Å². The van der Waals surface area contributed by atoms with Crippen LogP contribution in [-0.2, 0) is 0 Å². The van der Waals surface area contributed by atoms with Crippen LogP contribution in [0, 0.1) is 0 Å². The van der Waals surface area contributed by atoms with Crippen LogP contribution in [0.4, 0.5) is 0 Å². The minimum Gasteiger partial charge on any atom is -0.497 e. The van der Waals surface area contributed by atoms with Gasteiger partial charge in [0, 0.05) is 19.1 Å². The average Bonchev–Trinajstić information content (AvgIpc) is 2.84. The van der Waals surface area contributed by atoms with E-state index in [0.717, 1.165) is 17.9 Å². The molecular formula is C15H24N2O2. The number of nitrogens with one attached hydrogen (secondary N) is 1. The van der Waals surface area contributed by atoms with Gasteiger partial charge < -0.3 is 20.1 Å². The van der Waals surface area contributed by atoms with Gasteiger partial charge in [0.25, 0.3) is 0 Å². The Morgan fingerprint density at radius 2 is 2.16 bits per heavy atom. The fourth-order valence-corrected chi connectivity index (χ4v) is 2.57. The van der Waals surface area contributed by atoms with Crippen molar-refractivity contribution in [1.29, 1.82) is 0 Å². The van der Waals surface area contributed by atoms with Crippen molar-refractivity contribution in [3.63, 3.8) is 0 Å². The Balaban J connectivity index is 1.75. The van der Waals surface area contributed by atoms with Gasteiger partial charge in [-0.15, -0.1) is 0 Å². The van der Waals surface area contributed by atoms with Crippen molar-refractivity contribution in [3.05, 3.63) is 29.8 Å². The molecule has 106 valence electrons. The third kappa shape index (κ3) is 3.93. The van der Waals surface area contributed by atoms with E-state index in [0.29, 0.717) is 12.6 Å². The van der Waals surface area contributed by atoms with E-state index in [9.17, 15) is 5.11 Å². The lowest BCUT2D eigenvalue weighted by atomic mass is 10.1. The number of aliphatic hydroxyl groups excluding tert-OH is 1. The van der Waals surface area contributed by atoms with Crippen LogP contribution in [0.5, 0.6) is 5.75 Å². The quantitative estimate of drug-likeness (QED) is 0.815. The fraction of sp³-hybridized carbons (Fsp3) is 0.600. The smallest absolute Gasteiger partial charge is 0.118 e. The third-order valence-corrected chi connectivity index (χ3v) is 3.89. The molecule has 2 N–H and O–H groups in total. The maximum absolute atomic E-state index is 10.1. The molecular weight excluding hydrogens is 240 g/mol. The van der Waals surface area contributed by atoms with Gasteiger partial charge in [0.15, 0.2) is 0 Å². The Morgan fingerprint density at radius 3 is 2.74 bits per heavy atom. The zero-order valence-corrected chi connectivity index (χ0v) is 11.8. The molecule has 0 radical (unpaired) electrons. The molecule has 4 heteroatoms. The minimum atomic E-state index is -0.461. The number of nitrogens with zero attached hydrogens (tertiary/aromatic N) is 1. The van der Waals surface area contributed by atoms with Crippen molar-refractivity contribution in [2.75, 3.05) is 33.8 Å². The number of aliphatic hydroxyl groups is 1. The topological polar surface area (TPSA) is 44.7 Å². The highest BCUT2D eigenvalue weighted by Gasteiger charge is 2.20. The van der Waals surface area contributed by atoms with Crippen LogP contribution in [0.3, 0.4) is 0 Å². The summed E-state index contributed by atoms with van der Waals surface area (Å²) in [5, 5.41) is 13.5. The molecule has 19 heavy (non-hydrogen) atoms. The molecule has 1 aromatic carbocycles. The monoisotopic (exact) mass is 264 g/mol. The number of hydrogen-bond acceptors (Lipinski definition) is 4. The van der Waals surface area contributed by atoms with E-state index in [4.69, 9.17) is 4.74 Å². The van der Waals surface area contributed by atoms with Gasteiger partial charge in [0.1, 0.15) is 5.75 Å². The van der Waals surface area contributed by atoms with Crippen molar-refractivity contribution >= 4 is 0 Å². The van der Waals surface area contributed by atoms with Crippen LogP contribution < -0.4 is 10.1 Å². The maximum atomic E-state index is 10.1. The summed E-state index contributed by atoms with van der Waals surface area (Å²) >= 11 is 0. The van der Waals surface area contributed by atoms with Crippen LogP contribution in [0.2, 0.25) is 0 Å². The Hall–Kier alpha value is -1.10. The number of rotatable bonds is 6. The zero-order chi connectivity index (χ0) is 13.7. The van der Waals surface area contributed by atoms with Crippen molar-refractivity contribution < 1.29 is 9.84 Å². The lowest BCUT2D eigenvalue weighted by Gasteiger charge is -2.21. The van der Waals surface area contributed by atoms with Gasteiger partial charge >= 0.3 is 0 Å². The van der Waals surface area contributed by atoms with E-state index in [1.165, 1.54) is 19.4 Å². The van der Waals surface area contributed by atoms with Crippen molar-refractivity contribution in [2.45, 2.75) is 25.0 Å². The molecule has 0 saturated carbocycles. The molecule has 2 unspecified atom stereocenters. The summed E-state index contributed by atoms with van der Waals surface area (Å²) in [7, 11) is 3.81. The summed E-state index contributed by atoms with van der Waals surface area (Å²) in [6.07, 6.45) is 2.07. The van der Waals surface area contributed by atoms with Gasteiger partial charge in [-0.05, 0) is 44.1 Å². The number of benzene rings is 1. The second kappa shape index (κ2) is 6.89. The predicted molar refractivity (Wildman–Crippen MR) is 76.5 cm³/mol. The van der Waals surface area contributed by atoms with Gasteiger partial charge in [-0.25, -0.2) is 0 Å². The molecule has 0 aliphatic carbocycles. The molecule has 0 bridgehead atoms. The number of likely N-dealkylation sites (tertiary alicyclic amines) is 1. The highest BCUT2D eigenvalue weighted by molar-refractivity contribution is 5.28. The van der Waals surface area contributed by atoms with E-state index >= 15 is 0 Å². The molecule has 1 aliphatic heterocycles. The number of ether oxygens (including phenoxy) is 1. The Morgan fingerprint density at radius 1 is 1.42 bits per heavy atom. The first-order valence-electron chi connectivity index (χ1n) is 6.93. The molecule has 1 fully saturated rings. The molecule has 1 aromatic rings. The van der Waals surface area contributed by atoms with Crippen molar-refractivity contribution in [2.24, 2.45) is 0 Å². The highest BCUT2D eigenvalue weighted by atomic mass is 16.5. The minimum absolute atomic E-state index is 0.461. The largest absolute Gasteiger partial charge is 0.497 e. The normalized spacial score (nSPS) is 21.5. The van der Waals surface area contributed by atoms with E-state index in [1.54, 1.807) is 7.11 Å². The average molecular weight is 264 g/mol. The first kappa shape index (κ1) is 14.3. The summed E-state index contributed by atoms with van der Waals surface area (Å²) < 4.78 is 5.11. The summed E-state index contributed by atoms with van der Waals surface area (Å²) in [5.74, 6) is 0.816. The van der Waals surface area contributed by atoms with Gasteiger partial charge in [0.2, 0.25) is 0 Å². The van der Waals surface area contributed by atoms with Crippen LogP contribution >= 0.6 is 0 Å². The van der Waals surface area contributed by atoms with Crippen LogP contribution in [-0.4, -0.2) is 49.8 Å². The Kier molecular flexibility index (Phi) is 5.19. The third-order valence-electron chi connectivity index (χ3n) is 3.89. The lowest BCUT2D eigenvalue weighted by molar-refractivity contribution is 0.170. The SMILES string of the molecule is COc1ccc(C(O)CNCC2CCCN2C)cc1. The van der Waals surface area contributed by atoms with Crippen molar-refractivity contribution in [3.8, 4) is 5.75 Å². The van der Waals surface area contributed by atoms with Crippen LogP contribution in [0.15, 0.2) is 24.3 Å². The van der Waals surface area contributed by atoms with E-state index in [1.807, 2.05) is 24.3 Å². The summed E-state index contributed by atoms with van der Waals surface area (Å²) in [5.41, 5.74) is 0.924. The standard InChI is InChI=1S/C15H24N2O2/c1-17-9-3-4-13(17)10-16-11-15(18)12-5-7-14(19-2)8-6-12/h5-8,13,15-16,18H,3-4,9-11H2,1-2H3. The van der Waals surface area contributed by atoms with Crippen LogP contribution in [0.25, 0.3) is 0 Å². The summed E-state index contributed by atoms with van der Waals surface area (Å²) in [6.45, 7) is 2.73. The number of likely N-dealkylation sites (N-methyl/N-ethyl adjacent to an activating group) is 1. The molecule has 1 heterocycles. The second-order valence-corrected chi connectivity index (χ2v) is 5.22. The highest BCUT2D eigenvalue weighted by Crippen LogP contribution is 2.17. The maximum Gasteiger partial charge on any atom is 0.118 e. The first-order chi connectivity index (χ1) is 9.20. The van der Waals surface area contributed by atoms with Crippen molar-refractivity contribution in [1.82, 2.24) is 10.2 Å². The molecule has 1 aliphatic rings. The van der Waals surface area contributed by atoms with Gasteiger partial charge in [0.05, 0.1) is 13.2 Å². The van der Waals surface area contributed by atoms with Crippen LogP contribution in [0.1, 0.15) is 24.5 Å². The molecule has 0 spiro atoms. The van der Waals surface area contributed by atoms with Gasteiger partial charge in [-0.2, -0.15) is 0 Å². The van der Waals surface area contributed by atoms with Gasteiger partial charge in [-0.3, -0.25) is 0 Å². The van der Waals surface area contributed by atoms with E-state index in [-0.39, 0.29) is 0 Å². The zero-order valence-electron chi connectivity index (χ0n) is 11.8. The molecule has 1 saturated heterocycles. The first-order valence-corrected chi connectivity index (χ1v) is 6.93. The fourth-order valence-electron chi connectivity index (χ4n) is 2.57.